The van der Waals surface area contributed by atoms with Gasteiger partial charge in [0.25, 0.3) is 0 Å². The van der Waals surface area contributed by atoms with Crippen molar-refractivity contribution in [3.05, 3.63) is 0 Å². The topological polar surface area (TPSA) is 12.0 Å². The zero-order valence-electron chi connectivity index (χ0n) is 9.69. The van der Waals surface area contributed by atoms with Crippen LogP contribution in [0.25, 0.3) is 0 Å². The Bertz CT molecular complexity index is 153. The van der Waals surface area contributed by atoms with Crippen LogP contribution in [0.3, 0.4) is 0 Å². The molecule has 13 heavy (non-hydrogen) atoms. The van der Waals surface area contributed by atoms with Gasteiger partial charge in [0.15, 0.2) is 0 Å². The van der Waals surface area contributed by atoms with Gasteiger partial charge in [-0.05, 0) is 36.6 Å². The highest BCUT2D eigenvalue weighted by Gasteiger charge is 2.41. The Hall–Kier alpha value is -0.0400. The lowest BCUT2D eigenvalue weighted by Crippen LogP contribution is -2.32. The fourth-order valence-corrected chi connectivity index (χ4v) is 3.10. The fourth-order valence-electron chi connectivity index (χ4n) is 3.10. The Morgan fingerprint density at radius 2 is 2.08 bits per heavy atom. The average molecular weight is 183 g/mol. The Morgan fingerprint density at radius 3 is 2.54 bits per heavy atom. The molecule has 1 nitrogen and oxygen atoms in total. The molecule has 0 bridgehead atoms. The first-order chi connectivity index (χ1) is 6.16. The molecule has 1 N–H and O–H groups in total. The van der Waals surface area contributed by atoms with E-state index in [-0.39, 0.29) is 0 Å². The van der Waals surface area contributed by atoms with Crippen molar-refractivity contribution < 1.29 is 0 Å². The van der Waals surface area contributed by atoms with Gasteiger partial charge in [-0.15, -0.1) is 0 Å². The molecule has 1 aliphatic rings. The maximum atomic E-state index is 3.58. The van der Waals surface area contributed by atoms with Crippen molar-refractivity contribution >= 4 is 0 Å². The van der Waals surface area contributed by atoms with E-state index in [2.05, 4.69) is 33.0 Å². The maximum Gasteiger partial charge on any atom is 0.00111 e. The summed E-state index contributed by atoms with van der Waals surface area (Å²) >= 11 is 0. The maximum absolute atomic E-state index is 3.58. The largest absolute Gasteiger partial charge is 0.316 e. The summed E-state index contributed by atoms with van der Waals surface area (Å²) in [5, 5.41) is 3.58. The van der Waals surface area contributed by atoms with Gasteiger partial charge in [-0.25, -0.2) is 0 Å². The summed E-state index contributed by atoms with van der Waals surface area (Å²) in [6.07, 6.45) is 4.08. The molecule has 1 aliphatic heterocycles. The standard InChI is InChI=1S/C12H25N/c1-5-7-12(6-2)9-13-8-11(12)10(3)4/h10-11,13H,5-9H2,1-4H3. The van der Waals surface area contributed by atoms with Gasteiger partial charge in [-0.1, -0.05) is 34.1 Å². The lowest BCUT2D eigenvalue weighted by molar-refractivity contribution is 0.151. The molecule has 0 amide bonds. The molecule has 0 radical (unpaired) electrons. The quantitative estimate of drug-likeness (QED) is 0.706. The Kier molecular flexibility index (Phi) is 3.78. The van der Waals surface area contributed by atoms with Crippen LogP contribution in [0.5, 0.6) is 0 Å². The molecular weight excluding hydrogens is 158 g/mol. The van der Waals surface area contributed by atoms with Crippen LogP contribution in [0, 0.1) is 17.3 Å². The molecule has 1 saturated heterocycles. The van der Waals surface area contributed by atoms with Crippen LogP contribution in [0.1, 0.15) is 47.0 Å². The Labute approximate surface area is 83.3 Å². The van der Waals surface area contributed by atoms with Crippen molar-refractivity contribution in [2.75, 3.05) is 13.1 Å². The highest BCUT2D eigenvalue weighted by molar-refractivity contribution is 4.94. The molecule has 1 heteroatoms. The lowest BCUT2D eigenvalue weighted by atomic mass is 9.68. The van der Waals surface area contributed by atoms with Crippen molar-refractivity contribution in [1.29, 1.82) is 0 Å². The van der Waals surface area contributed by atoms with Crippen molar-refractivity contribution in [3.8, 4) is 0 Å². The first kappa shape index (κ1) is 11.0. The van der Waals surface area contributed by atoms with Crippen LogP contribution in [-0.2, 0) is 0 Å². The molecule has 1 rings (SSSR count). The first-order valence-corrected chi connectivity index (χ1v) is 5.87. The number of rotatable bonds is 4. The molecule has 0 saturated carbocycles. The van der Waals surface area contributed by atoms with Crippen LogP contribution < -0.4 is 5.32 Å². The summed E-state index contributed by atoms with van der Waals surface area (Å²) in [4.78, 5) is 0. The van der Waals surface area contributed by atoms with Crippen molar-refractivity contribution in [2.45, 2.75) is 47.0 Å². The monoisotopic (exact) mass is 183 g/mol. The molecule has 2 unspecified atom stereocenters. The van der Waals surface area contributed by atoms with Gasteiger partial charge in [0, 0.05) is 6.54 Å². The first-order valence-electron chi connectivity index (χ1n) is 5.87. The van der Waals surface area contributed by atoms with E-state index in [1.807, 2.05) is 0 Å². The molecule has 0 aliphatic carbocycles. The van der Waals surface area contributed by atoms with Crippen LogP contribution >= 0.6 is 0 Å². The van der Waals surface area contributed by atoms with E-state index in [9.17, 15) is 0 Å². The van der Waals surface area contributed by atoms with Gasteiger partial charge in [0.05, 0.1) is 0 Å². The number of nitrogens with one attached hydrogen (secondary N) is 1. The third-order valence-corrected chi connectivity index (χ3v) is 3.88. The Balaban J connectivity index is 2.70. The van der Waals surface area contributed by atoms with Crippen molar-refractivity contribution in [3.63, 3.8) is 0 Å². The van der Waals surface area contributed by atoms with Gasteiger partial charge in [0.1, 0.15) is 0 Å². The molecule has 1 heterocycles. The van der Waals surface area contributed by atoms with Crippen LogP contribution in [0.4, 0.5) is 0 Å². The van der Waals surface area contributed by atoms with Crippen molar-refractivity contribution in [1.82, 2.24) is 5.32 Å². The van der Waals surface area contributed by atoms with E-state index in [1.54, 1.807) is 0 Å². The van der Waals surface area contributed by atoms with E-state index >= 15 is 0 Å². The van der Waals surface area contributed by atoms with Gasteiger partial charge in [-0.2, -0.15) is 0 Å². The minimum Gasteiger partial charge on any atom is -0.316 e. The smallest absolute Gasteiger partial charge is 0.00111 e. The second-order valence-corrected chi connectivity index (χ2v) is 4.95. The predicted molar refractivity (Wildman–Crippen MR) is 58.8 cm³/mol. The van der Waals surface area contributed by atoms with E-state index in [0.29, 0.717) is 5.41 Å². The van der Waals surface area contributed by atoms with E-state index in [0.717, 1.165) is 11.8 Å². The fraction of sp³-hybridized carbons (Fsp3) is 1.00. The third kappa shape index (κ3) is 2.07. The zero-order valence-corrected chi connectivity index (χ0v) is 9.69. The summed E-state index contributed by atoms with van der Waals surface area (Å²) in [5.74, 6) is 1.74. The summed E-state index contributed by atoms with van der Waals surface area (Å²) in [5.41, 5.74) is 0.614. The van der Waals surface area contributed by atoms with Gasteiger partial charge in [0.2, 0.25) is 0 Å². The summed E-state index contributed by atoms with van der Waals surface area (Å²) in [7, 11) is 0. The van der Waals surface area contributed by atoms with Crippen LogP contribution in [0.15, 0.2) is 0 Å². The molecule has 0 aromatic rings. The number of hydrogen-bond donors (Lipinski definition) is 1. The highest BCUT2D eigenvalue weighted by Crippen LogP contribution is 2.42. The third-order valence-electron chi connectivity index (χ3n) is 3.88. The van der Waals surface area contributed by atoms with E-state index in [1.165, 1.54) is 32.4 Å². The van der Waals surface area contributed by atoms with E-state index in [4.69, 9.17) is 0 Å². The van der Waals surface area contributed by atoms with Crippen molar-refractivity contribution in [2.24, 2.45) is 17.3 Å². The SMILES string of the molecule is CCCC1(CC)CNCC1C(C)C. The predicted octanol–water partition coefficient (Wildman–Crippen LogP) is 3.06. The molecule has 0 aromatic carbocycles. The Morgan fingerprint density at radius 1 is 1.38 bits per heavy atom. The minimum atomic E-state index is 0.614. The van der Waals surface area contributed by atoms with Gasteiger partial charge < -0.3 is 5.32 Å². The molecule has 0 aromatic heterocycles. The molecule has 0 spiro atoms. The average Bonchev–Trinajstić information content (AvgIpc) is 2.50. The minimum absolute atomic E-state index is 0.614. The van der Waals surface area contributed by atoms with Gasteiger partial charge in [-0.3, -0.25) is 0 Å². The second kappa shape index (κ2) is 4.45. The summed E-state index contributed by atoms with van der Waals surface area (Å²) < 4.78 is 0. The normalized spacial score (nSPS) is 34.4. The second-order valence-electron chi connectivity index (χ2n) is 4.95. The van der Waals surface area contributed by atoms with E-state index < -0.39 is 0 Å². The molecular formula is C12H25N. The molecule has 2 atom stereocenters. The number of hydrogen-bond acceptors (Lipinski definition) is 1. The molecule has 78 valence electrons. The lowest BCUT2D eigenvalue weighted by Gasteiger charge is -2.36. The van der Waals surface area contributed by atoms with Crippen LogP contribution in [-0.4, -0.2) is 13.1 Å². The summed E-state index contributed by atoms with van der Waals surface area (Å²) in [6, 6.07) is 0. The summed E-state index contributed by atoms with van der Waals surface area (Å²) in [6.45, 7) is 11.9. The zero-order chi connectivity index (χ0) is 9.90. The molecule has 1 fully saturated rings. The van der Waals surface area contributed by atoms with Gasteiger partial charge >= 0.3 is 0 Å². The van der Waals surface area contributed by atoms with Crippen LogP contribution in [0.2, 0.25) is 0 Å². The highest BCUT2D eigenvalue weighted by atomic mass is 14.9.